The van der Waals surface area contributed by atoms with Crippen LogP contribution in [-0.4, -0.2) is 46.0 Å². The van der Waals surface area contributed by atoms with Gasteiger partial charge in [0, 0.05) is 21.5 Å². The van der Waals surface area contributed by atoms with Crippen molar-refractivity contribution in [3.63, 3.8) is 0 Å². The van der Waals surface area contributed by atoms with E-state index in [0.29, 0.717) is 26.9 Å². The van der Waals surface area contributed by atoms with Crippen LogP contribution >= 0.6 is 44.3 Å². The molecule has 0 saturated carbocycles. The third-order valence-corrected chi connectivity index (χ3v) is 8.52. The third kappa shape index (κ3) is 9.71. The number of rotatable bonds is 9. The van der Waals surface area contributed by atoms with Crippen molar-refractivity contribution in [1.29, 1.82) is 0 Å². The van der Waals surface area contributed by atoms with Crippen LogP contribution in [0.3, 0.4) is 0 Å². The first kappa shape index (κ1) is 29.0. The number of thiazole rings is 1. The molecule has 0 saturated heterocycles. The molecule has 8 nitrogen and oxygen atoms in total. The van der Waals surface area contributed by atoms with Crippen molar-refractivity contribution in [3.8, 4) is 0 Å². The number of thiophene rings is 1. The monoisotopic (exact) mass is 554 g/mol. The molecule has 3 N–H and O–H groups in total. The molecule has 0 fully saturated rings. The fraction of sp³-hybridized carbons (Fsp3) is 0.391. The Morgan fingerprint density at radius 2 is 1.83 bits per heavy atom. The zero-order chi connectivity index (χ0) is 26.4. The van der Waals surface area contributed by atoms with Gasteiger partial charge in [0.05, 0.1) is 11.1 Å². The van der Waals surface area contributed by atoms with Gasteiger partial charge in [-0.05, 0) is 58.2 Å². The number of amides is 3. The van der Waals surface area contributed by atoms with Gasteiger partial charge in [-0.25, -0.2) is 9.78 Å². The van der Waals surface area contributed by atoms with Crippen molar-refractivity contribution in [1.82, 2.24) is 15.6 Å². The minimum absolute atomic E-state index is 0.0912. The molecule has 0 bridgehead atoms. The molecule has 35 heavy (non-hydrogen) atoms. The molecular formula is C23H30N4O4S4. The molecular weight excluding hydrogens is 525 g/mol. The number of hydrogen-bond acceptors (Lipinski definition) is 9. The zero-order valence-electron chi connectivity index (χ0n) is 20.6. The van der Waals surface area contributed by atoms with Gasteiger partial charge in [0.15, 0.2) is 5.13 Å². The van der Waals surface area contributed by atoms with Crippen LogP contribution in [0.25, 0.3) is 12.7 Å². The summed E-state index contributed by atoms with van der Waals surface area (Å²) in [5.74, 6) is -0.591. The summed E-state index contributed by atoms with van der Waals surface area (Å²) in [7, 11) is 3.36. The molecule has 0 aliphatic carbocycles. The third-order valence-electron chi connectivity index (χ3n) is 3.99. The van der Waals surface area contributed by atoms with Crippen molar-refractivity contribution in [2.75, 3.05) is 18.1 Å². The first-order valence-electron chi connectivity index (χ1n) is 10.5. The summed E-state index contributed by atoms with van der Waals surface area (Å²) in [6.45, 7) is 17.8. The Bertz CT molecular complexity index is 1210. The van der Waals surface area contributed by atoms with E-state index < -0.39 is 17.6 Å². The van der Waals surface area contributed by atoms with E-state index in [1.807, 2.05) is 6.26 Å². The van der Waals surface area contributed by atoms with Gasteiger partial charge in [-0.15, -0.1) is 11.3 Å². The van der Waals surface area contributed by atoms with Crippen LogP contribution < -0.4 is 25.7 Å². The molecule has 0 aromatic carbocycles. The first-order valence-corrected chi connectivity index (χ1v) is 14.6. The van der Waals surface area contributed by atoms with Gasteiger partial charge in [-0.3, -0.25) is 14.9 Å². The summed E-state index contributed by atoms with van der Waals surface area (Å²) in [4.78, 5) is 41.8. The van der Waals surface area contributed by atoms with Crippen molar-refractivity contribution in [2.45, 2.75) is 45.0 Å². The highest BCUT2D eigenvalue weighted by atomic mass is 33.1. The second-order valence-electron chi connectivity index (χ2n) is 8.96. The lowest BCUT2D eigenvalue weighted by atomic mass is 10.2. The second kappa shape index (κ2) is 12.1. The number of allylic oxidation sites excluding steroid dienone is 1. The number of nitrogens with zero attached hydrogens (tertiary/aromatic N) is 1. The average molecular weight is 555 g/mol. The number of carbonyl (C=O) groups is 3. The van der Waals surface area contributed by atoms with Crippen molar-refractivity contribution in [3.05, 3.63) is 44.0 Å². The van der Waals surface area contributed by atoms with Gasteiger partial charge in [-0.1, -0.05) is 46.1 Å². The predicted octanol–water partition coefficient (Wildman–Crippen LogP) is 4.21. The van der Waals surface area contributed by atoms with Gasteiger partial charge in [-0.2, -0.15) is 0 Å². The van der Waals surface area contributed by atoms with Gasteiger partial charge < -0.3 is 15.4 Å². The molecule has 0 radical (unpaired) electrons. The van der Waals surface area contributed by atoms with Crippen LogP contribution in [0.5, 0.6) is 0 Å². The molecule has 2 aromatic heterocycles. The minimum Gasteiger partial charge on any atom is -0.444 e. The molecule has 3 amide bonds. The normalized spacial score (nSPS) is 12.2. The summed E-state index contributed by atoms with van der Waals surface area (Å²) < 4.78 is 5.77. The summed E-state index contributed by atoms with van der Waals surface area (Å²) in [6.07, 6.45) is 4.37. The SMILES string of the molecule is C=C(/C=c1/cc(C(=O)NCC(C)(C)SSC)sc1=C)NC(=O)c1cnc(NC(=O)OC(C)(C)C)s1. The maximum atomic E-state index is 12.6. The lowest BCUT2D eigenvalue weighted by Crippen LogP contribution is -2.35. The highest BCUT2D eigenvalue weighted by Gasteiger charge is 2.21. The molecule has 2 aromatic rings. The highest BCUT2D eigenvalue weighted by Crippen LogP contribution is 2.32. The Hall–Kier alpha value is -2.28. The molecule has 0 unspecified atom stereocenters. The average Bonchev–Trinajstić information content (AvgIpc) is 3.31. The van der Waals surface area contributed by atoms with E-state index in [9.17, 15) is 14.4 Å². The minimum atomic E-state index is -0.650. The lowest BCUT2D eigenvalue weighted by Gasteiger charge is -2.22. The van der Waals surface area contributed by atoms with E-state index >= 15 is 0 Å². The number of anilines is 1. The smallest absolute Gasteiger partial charge is 0.413 e. The second-order valence-corrected chi connectivity index (χ2v) is 14.2. The lowest BCUT2D eigenvalue weighted by molar-refractivity contribution is 0.0635. The standard InChI is InChI=1S/C23H30N4O4S4/c1-13(26-19(29)17-11-24-20(34-17)27-21(30)31-22(3,4)5)9-15-10-16(33-14(15)2)18(28)25-12-23(6,7)35-32-8/h9-11H,1-2,12H2,3-8H3,(H,25,28)(H,26,29)(H,24,27,30)/b15-9-. The summed E-state index contributed by atoms with van der Waals surface area (Å²) in [5.41, 5.74) is -0.314. The van der Waals surface area contributed by atoms with E-state index in [4.69, 9.17) is 4.74 Å². The van der Waals surface area contributed by atoms with Crippen LogP contribution in [0.2, 0.25) is 0 Å². The quantitative estimate of drug-likeness (QED) is 0.399. The maximum Gasteiger partial charge on any atom is 0.413 e. The number of nitrogens with one attached hydrogen (secondary N) is 3. The Kier molecular flexibility index (Phi) is 10.0. The molecule has 0 spiro atoms. The largest absolute Gasteiger partial charge is 0.444 e. The summed E-state index contributed by atoms with van der Waals surface area (Å²) in [5, 5.41) is 9.08. The van der Waals surface area contributed by atoms with Crippen LogP contribution in [-0.2, 0) is 4.74 Å². The molecule has 0 aliphatic heterocycles. The Morgan fingerprint density at radius 3 is 2.46 bits per heavy atom. The summed E-state index contributed by atoms with van der Waals surface area (Å²) in [6, 6.07) is 1.73. The van der Waals surface area contributed by atoms with E-state index in [2.05, 4.69) is 47.9 Å². The maximum absolute atomic E-state index is 12.6. The van der Waals surface area contributed by atoms with Crippen molar-refractivity contribution < 1.29 is 19.1 Å². The zero-order valence-corrected chi connectivity index (χ0v) is 23.8. The molecule has 0 atom stereocenters. The van der Waals surface area contributed by atoms with Gasteiger partial charge in [0.1, 0.15) is 10.5 Å². The van der Waals surface area contributed by atoms with E-state index in [1.54, 1.807) is 54.5 Å². The van der Waals surface area contributed by atoms with Crippen molar-refractivity contribution >= 4 is 80.0 Å². The van der Waals surface area contributed by atoms with Gasteiger partial charge in [0.25, 0.3) is 11.8 Å². The number of carbonyl (C=O) groups excluding carboxylic acids is 3. The molecule has 2 heterocycles. The van der Waals surface area contributed by atoms with Crippen LogP contribution in [0.4, 0.5) is 9.93 Å². The fourth-order valence-corrected chi connectivity index (χ4v) is 6.23. The molecule has 0 aliphatic rings. The number of ether oxygens (including phenoxy) is 1. The number of aromatic nitrogens is 1. The van der Waals surface area contributed by atoms with Crippen LogP contribution in [0.15, 0.2) is 24.5 Å². The Balaban J connectivity index is 2.00. The molecule has 12 heteroatoms. The predicted molar refractivity (Wildman–Crippen MR) is 150 cm³/mol. The first-order chi connectivity index (χ1) is 16.2. The van der Waals surface area contributed by atoms with Gasteiger partial charge in [0.2, 0.25) is 0 Å². The van der Waals surface area contributed by atoms with E-state index in [0.717, 1.165) is 11.3 Å². The highest BCUT2D eigenvalue weighted by molar-refractivity contribution is 8.77. The van der Waals surface area contributed by atoms with Crippen LogP contribution in [0.1, 0.15) is 54.0 Å². The Morgan fingerprint density at radius 1 is 1.14 bits per heavy atom. The van der Waals surface area contributed by atoms with E-state index in [1.165, 1.54) is 17.5 Å². The number of hydrogen-bond donors (Lipinski definition) is 3. The van der Waals surface area contributed by atoms with Crippen LogP contribution in [0, 0.1) is 0 Å². The topological polar surface area (TPSA) is 109 Å². The molecule has 190 valence electrons. The molecule has 2 rings (SSSR count). The van der Waals surface area contributed by atoms with E-state index in [-0.39, 0.29) is 20.7 Å². The summed E-state index contributed by atoms with van der Waals surface area (Å²) >= 11 is 2.29. The van der Waals surface area contributed by atoms with Gasteiger partial charge >= 0.3 is 6.09 Å². The Labute approximate surface area is 221 Å². The fourth-order valence-electron chi connectivity index (χ4n) is 2.57. The van der Waals surface area contributed by atoms with Crippen molar-refractivity contribution in [2.24, 2.45) is 0 Å².